The SMILES string of the molecule is COc1ccc(/C=C2\Oc3cc(OCc4ccc(F)cc4Cl)ccc3C2=O)c(OC)c1OC. The number of halogens is 2. The lowest BCUT2D eigenvalue weighted by atomic mass is 10.1. The van der Waals surface area contributed by atoms with E-state index in [0.717, 1.165) is 0 Å². The van der Waals surface area contributed by atoms with Crippen molar-refractivity contribution in [1.82, 2.24) is 0 Å². The van der Waals surface area contributed by atoms with Gasteiger partial charge in [0.05, 0.1) is 31.9 Å². The van der Waals surface area contributed by atoms with Gasteiger partial charge in [-0.2, -0.15) is 0 Å². The summed E-state index contributed by atoms with van der Waals surface area (Å²) in [5, 5.41) is 0.275. The predicted octanol–water partition coefficient (Wildman–Crippen LogP) is 5.70. The third kappa shape index (κ3) is 4.45. The van der Waals surface area contributed by atoms with Gasteiger partial charge in [-0.15, -0.1) is 0 Å². The lowest BCUT2D eigenvalue weighted by Gasteiger charge is -2.14. The summed E-state index contributed by atoms with van der Waals surface area (Å²) in [6.45, 7) is 0.136. The van der Waals surface area contributed by atoms with Crippen molar-refractivity contribution in [1.29, 1.82) is 0 Å². The van der Waals surface area contributed by atoms with E-state index < -0.39 is 5.82 Å². The normalized spacial score (nSPS) is 13.5. The maximum absolute atomic E-state index is 13.2. The van der Waals surface area contributed by atoms with E-state index in [4.69, 9.17) is 35.3 Å². The number of carbonyl (C=O) groups is 1. The molecule has 1 aliphatic heterocycles. The highest BCUT2D eigenvalue weighted by atomic mass is 35.5. The molecule has 0 unspecified atom stereocenters. The van der Waals surface area contributed by atoms with Crippen LogP contribution in [0.25, 0.3) is 6.08 Å². The van der Waals surface area contributed by atoms with Gasteiger partial charge >= 0.3 is 0 Å². The van der Waals surface area contributed by atoms with Crippen molar-refractivity contribution in [3.8, 4) is 28.7 Å². The van der Waals surface area contributed by atoms with Crippen LogP contribution < -0.4 is 23.7 Å². The molecule has 1 aliphatic rings. The number of Topliss-reactive ketones (excluding diaryl/α,β-unsaturated/α-hetero) is 1. The molecule has 170 valence electrons. The van der Waals surface area contributed by atoms with Gasteiger partial charge in [-0.1, -0.05) is 17.7 Å². The Morgan fingerprint density at radius 3 is 2.45 bits per heavy atom. The minimum absolute atomic E-state index is 0.134. The van der Waals surface area contributed by atoms with Crippen LogP contribution in [0.15, 0.2) is 54.3 Å². The van der Waals surface area contributed by atoms with Gasteiger partial charge in [0.15, 0.2) is 17.3 Å². The lowest BCUT2D eigenvalue weighted by Crippen LogP contribution is -2.00. The fourth-order valence-electron chi connectivity index (χ4n) is 3.44. The number of hydrogen-bond donors (Lipinski definition) is 0. The first-order valence-corrected chi connectivity index (χ1v) is 10.3. The smallest absolute Gasteiger partial charge is 0.231 e. The van der Waals surface area contributed by atoms with E-state index >= 15 is 0 Å². The Kier molecular flexibility index (Phi) is 6.42. The van der Waals surface area contributed by atoms with E-state index in [1.165, 1.54) is 33.5 Å². The molecule has 0 aromatic heterocycles. The topological polar surface area (TPSA) is 63.2 Å². The molecule has 3 aromatic carbocycles. The Hall–Kier alpha value is -3.71. The number of benzene rings is 3. The number of allylic oxidation sites excluding steroid dienone is 1. The van der Waals surface area contributed by atoms with E-state index in [9.17, 15) is 9.18 Å². The molecule has 4 rings (SSSR count). The highest BCUT2D eigenvalue weighted by Crippen LogP contribution is 2.42. The van der Waals surface area contributed by atoms with Crippen LogP contribution in [0.3, 0.4) is 0 Å². The largest absolute Gasteiger partial charge is 0.493 e. The molecule has 0 N–H and O–H groups in total. The first kappa shape index (κ1) is 22.5. The molecule has 0 saturated carbocycles. The second-order valence-electron chi connectivity index (χ2n) is 7.05. The third-order valence-electron chi connectivity index (χ3n) is 5.07. The van der Waals surface area contributed by atoms with Gasteiger partial charge in [-0.3, -0.25) is 4.79 Å². The van der Waals surface area contributed by atoms with E-state index in [1.54, 1.807) is 42.5 Å². The van der Waals surface area contributed by atoms with Gasteiger partial charge in [0.2, 0.25) is 11.5 Å². The van der Waals surface area contributed by atoms with Crippen LogP contribution >= 0.6 is 11.6 Å². The second kappa shape index (κ2) is 9.42. The Morgan fingerprint density at radius 1 is 0.970 bits per heavy atom. The summed E-state index contributed by atoms with van der Waals surface area (Å²) in [6, 6.07) is 12.5. The van der Waals surface area contributed by atoms with E-state index in [2.05, 4.69) is 0 Å². The number of rotatable bonds is 7. The number of ketones is 1. The number of carbonyl (C=O) groups excluding carboxylic acids is 1. The molecule has 0 spiro atoms. The summed E-state index contributed by atoms with van der Waals surface area (Å²) in [4.78, 5) is 12.9. The quantitative estimate of drug-likeness (QED) is 0.413. The van der Waals surface area contributed by atoms with Crippen LogP contribution in [0.5, 0.6) is 28.7 Å². The van der Waals surface area contributed by atoms with E-state index in [0.29, 0.717) is 45.4 Å². The van der Waals surface area contributed by atoms with E-state index in [-0.39, 0.29) is 23.2 Å². The summed E-state index contributed by atoms with van der Waals surface area (Å²) in [5.41, 5.74) is 1.64. The summed E-state index contributed by atoms with van der Waals surface area (Å²) in [5.74, 6) is 1.62. The number of fused-ring (bicyclic) bond motifs is 1. The maximum atomic E-state index is 13.2. The van der Waals surface area contributed by atoms with Crippen LogP contribution in [0.4, 0.5) is 4.39 Å². The monoisotopic (exact) mass is 470 g/mol. The molecule has 0 fully saturated rings. The number of hydrogen-bond acceptors (Lipinski definition) is 6. The van der Waals surface area contributed by atoms with Gasteiger partial charge in [0.1, 0.15) is 23.9 Å². The molecule has 0 atom stereocenters. The molecule has 8 heteroatoms. The molecule has 0 radical (unpaired) electrons. The standard InChI is InChI=1S/C25H20ClFO6/c1-29-20-9-5-14(24(30-2)25(20)31-3)10-22-23(28)18-8-7-17(12-21(18)33-22)32-13-15-4-6-16(27)11-19(15)26/h4-12H,13H2,1-3H3/b22-10-. The predicted molar refractivity (Wildman–Crippen MR) is 121 cm³/mol. The van der Waals surface area contributed by atoms with Crippen molar-refractivity contribution < 1.29 is 32.9 Å². The maximum Gasteiger partial charge on any atom is 0.231 e. The molecule has 0 aliphatic carbocycles. The highest BCUT2D eigenvalue weighted by molar-refractivity contribution is 6.31. The second-order valence-corrected chi connectivity index (χ2v) is 7.45. The third-order valence-corrected chi connectivity index (χ3v) is 5.42. The molecule has 33 heavy (non-hydrogen) atoms. The van der Waals surface area contributed by atoms with Crippen molar-refractivity contribution in [3.05, 3.63) is 81.8 Å². The minimum Gasteiger partial charge on any atom is -0.493 e. The summed E-state index contributed by atoms with van der Waals surface area (Å²) >= 11 is 6.05. The Morgan fingerprint density at radius 2 is 1.76 bits per heavy atom. The Balaban J connectivity index is 1.57. The fraction of sp³-hybridized carbons (Fsp3) is 0.160. The molecule has 6 nitrogen and oxygen atoms in total. The van der Waals surface area contributed by atoms with Gasteiger partial charge < -0.3 is 23.7 Å². The zero-order chi connectivity index (χ0) is 23.5. The van der Waals surface area contributed by atoms with Gasteiger partial charge in [0, 0.05) is 17.2 Å². The Labute approximate surface area is 195 Å². The first-order valence-electron chi connectivity index (χ1n) is 9.89. The van der Waals surface area contributed by atoms with Crippen molar-refractivity contribution >= 4 is 23.5 Å². The molecule has 3 aromatic rings. The Bertz CT molecular complexity index is 1250. The summed E-state index contributed by atoms with van der Waals surface area (Å²) in [7, 11) is 4.53. The molecular weight excluding hydrogens is 451 g/mol. The van der Waals surface area contributed by atoms with Gasteiger partial charge in [-0.25, -0.2) is 4.39 Å². The van der Waals surface area contributed by atoms with Crippen molar-refractivity contribution in [2.24, 2.45) is 0 Å². The van der Waals surface area contributed by atoms with Crippen LogP contribution in [-0.2, 0) is 6.61 Å². The molecular formula is C25H20ClFO6. The molecule has 1 heterocycles. The van der Waals surface area contributed by atoms with Crippen molar-refractivity contribution in [3.63, 3.8) is 0 Å². The average molecular weight is 471 g/mol. The zero-order valence-corrected chi connectivity index (χ0v) is 18.9. The highest BCUT2D eigenvalue weighted by Gasteiger charge is 2.28. The fourth-order valence-corrected chi connectivity index (χ4v) is 3.66. The lowest BCUT2D eigenvalue weighted by molar-refractivity contribution is 0.101. The van der Waals surface area contributed by atoms with Gasteiger partial charge in [-0.05, 0) is 42.5 Å². The van der Waals surface area contributed by atoms with Gasteiger partial charge in [0.25, 0.3) is 0 Å². The van der Waals surface area contributed by atoms with Crippen molar-refractivity contribution in [2.75, 3.05) is 21.3 Å². The molecule has 0 saturated heterocycles. The number of methoxy groups -OCH3 is 3. The summed E-state index contributed by atoms with van der Waals surface area (Å²) in [6.07, 6.45) is 1.59. The molecule has 0 bridgehead atoms. The van der Waals surface area contributed by atoms with Crippen LogP contribution in [-0.4, -0.2) is 27.1 Å². The summed E-state index contributed by atoms with van der Waals surface area (Å²) < 4.78 is 40.9. The van der Waals surface area contributed by atoms with Crippen LogP contribution in [0.2, 0.25) is 5.02 Å². The average Bonchev–Trinajstić information content (AvgIpc) is 3.12. The van der Waals surface area contributed by atoms with E-state index in [1.807, 2.05) is 0 Å². The zero-order valence-electron chi connectivity index (χ0n) is 18.1. The van der Waals surface area contributed by atoms with Crippen LogP contribution in [0, 0.1) is 5.82 Å². The first-order chi connectivity index (χ1) is 15.9. The minimum atomic E-state index is -0.418. The number of ether oxygens (including phenoxy) is 5. The molecule has 0 amide bonds. The van der Waals surface area contributed by atoms with Crippen LogP contribution in [0.1, 0.15) is 21.5 Å². The van der Waals surface area contributed by atoms with Crippen molar-refractivity contribution in [2.45, 2.75) is 6.61 Å².